The Morgan fingerprint density at radius 3 is 2.50 bits per heavy atom. The van der Waals surface area contributed by atoms with Crippen molar-refractivity contribution in [3.63, 3.8) is 0 Å². The van der Waals surface area contributed by atoms with Crippen LogP contribution in [0.25, 0.3) is 11.3 Å². The number of thioether (sulfide) groups is 1. The highest BCUT2D eigenvalue weighted by Crippen LogP contribution is 2.34. The lowest BCUT2D eigenvalue weighted by molar-refractivity contribution is -0.115. The minimum Gasteiger partial charge on any atom is -0.365 e. The Morgan fingerprint density at radius 2 is 1.87 bits per heavy atom. The van der Waals surface area contributed by atoms with Crippen molar-refractivity contribution in [2.45, 2.75) is 44.4 Å². The highest BCUT2D eigenvalue weighted by atomic mass is 32.2. The van der Waals surface area contributed by atoms with Crippen LogP contribution in [0, 0.1) is 20.8 Å². The third-order valence-corrected chi connectivity index (χ3v) is 7.08. The summed E-state index contributed by atoms with van der Waals surface area (Å²) in [5.74, 6) is -0.0646. The van der Waals surface area contributed by atoms with E-state index >= 15 is 0 Å². The molecule has 30 heavy (non-hydrogen) atoms. The normalized spacial score (nSPS) is 11.9. The zero-order valence-corrected chi connectivity index (χ0v) is 19.0. The van der Waals surface area contributed by atoms with Crippen LogP contribution in [-0.2, 0) is 4.79 Å². The van der Waals surface area contributed by atoms with Gasteiger partial charge < -0.3 is 11.1 Å². The zero-order chi connectivity index (χ0) is 21.8. The van der Waals surface area contributed by atoms with E-state index in [1.807, 2.05) is 64.1 Å². The summed E-state index contributed by atoms with van der Waals surface area (Å²) in [6.45, 7) is 7.53. The predicted octanol–water partition coefficient (Wildman–Crippen LogP) is 4.74. The van der Waals surface area contributed by atoms with Gasteiger partial charge in [0.25, 0.3) is 5.91 Å². The quantitative estimate of drug-likeness (QED) is 0.408. The molecule has 1 unspecified atom stereocenters. The van der Waals surface area contributed by atoms with E-state index in [-0.39, 0.29) is 11.2 Å². The molecular formula is C22H24N4O2S2. The fourth-order valence-corrected chi connectivity index (χ4v) is 5.09. The van der Waals surface area contributed by atoms with E-state index in [1.165, 1.54) is 23.1 Å². The number of benzene rings is 1. The van der Waals surface area contributed by atoms with Gasteiger partial charge in [0, 0.05) is 10.4 Å². The van der Waals surface area contributed by atoms with E-state index in [2.05, 4.69) is 15.3 Å². The van der Waals surface area contributed by atoms with E-state index in [0.29, 0.717) is 22.8 Å². The molecule has 3 rings (SSSR count). The van der Waals surface area contributed by atoms with Crippen LogP contribution in [0.5, 0.6) is 0 Å². The van der Waals surface area contributed by atoms with Crippen molar-refractivity contribution >= 4 is 39.9 Å². The second-order valence-corrected chi connectivity index (χ2v) is 9.31. The molecule has 8 heteroatoms. The summed E-state index contributed by atoms with van der Waals surface area (Å²) in [5.41, 5.74) is 8.53. The summed E-state index contributed by atoms with van der Waals surface area (Å²) in [6.07, 6.45) is 0.607. The number of nitrogens with two attached hydrogens (primary N) is 1. The molecule has 0 aliphatic carbocycles. The van der Waals surface area contributed by atoms with Crippen molar-refractivity contribution in [1.82, 2.24) is 9.97 Å². The standard InChI is InChI=1S/C22H24N4O2S2/c1-5-17(21(28)26-22-19(20(23)27)12(2)13(3)29-22)30-18-11-16(24-14(4)25-18)15-9-7-6-8-10-15/h6-11,17H,5H2,1-4H3,(H2,23,27)(H,26,28). The van der Waals surface area contributed by atoms with Crippen molar-refractivity contribution in [1.29, 1.82) is 0 Å². The largest absolute Gasteiger partial charge is 0.365 e. The average molecular weight is 441 g/mol. The summed E-state index contributed by atoms with van der Waals surface area (Å²) < 4.78 is 0. The Bertz CT molecular complexity index is 1080. The molecule has 0 saturated carbocycles. The SMILES string of the molecule is CCC(Sc1cc(-c2ccccc2)nc(C)n1)C(=O)Nc1sc(C)c(C)c1C(N)=O. The molecule has 0 aliphatic heterocycles. The van der Waals surface area contributed by atoms with Crippen molar-refractivity contribution in [3.05, 3.63) is 58.2 Å². The van der Waals surface area contributed by atoms with Crippen LogP contribution >= 0.6 is 23.1 Å². The third kappa shape index (κ3) is 4.88. The number of carbonyl (C=O) groups excluding carboxylic acids is 2. The maximum atomic E-state index is 13.0. The van der Waals surface area contributed by atoms with Gasteiger partial charge in [0.15, 0.2) is 0 Å². The Balaban J connectivity index is 1.82. The fourth-order valence-electron chi connectivity index (χ4n) is 3.03. The number of nitrogens with one attached hydrogen (secondary N) is 1. The molecular weight excluding hydrogens is 416 g/mol. The number of nitrogens with zero attached hydrogens (tertiary/aromatic N) is 2. The molecule has 3 N–H and O–H groups in total. The molecule has 1 aromatic carbocycles. The zero-order valence-electron chi connectivity index (χ0n) is 17.4. The molecule has 2 amide bonds. The van der Waals surface area contributed by atoms with Gasteiger partial charge in [-0.3, -0.25) is 9.59 Å². The second-order valence-electron chi connectivity index (χ2n) is 6.86. The maximum Gasteiger partial charge on any atom is 0.251 e. The number of hydrogen-bond acceptors (Lipinski definition) is 6. The molecule has 0 bridgehead atoms. The molecule has 0 spiro atoms. The van der Waals surface area contributed by atoms with Crippen LogP contribution < -0.4 is 11.1 Å². The molecule has 0 saturated heterocycles. The van der Waals surface area contributed by atoms with E-state index in [0.717, 1.165) is 26.7 Å². The van der Waals surface area contributed by atoms with Gasteiger partial charge in [0.05, 0.1) is 16.5 Å². The Morgan fingerprint density at radius 1 is 1.17 bits per heavy atom. The molecule has 0 fully saturated rings. The first-order chi connectivity index (χ1) is 14.3. The summed E-state index contributed by atoms with van der Waals surface area (Å²) in [5, 5.41) is 3.77. The lowest BCUT2D eigenvalue weighted by Crippen LogP contribution is -2.26. The number of thiophene rings is 1. The van der Waals surface area contributed by atoms with Gasteiger partial charge in [0.2, 0.25) is 5.91 Å². The number of aromatic nitrogens is 2. The smallest absolute Gasteiger partial charge is 0.251 e. The number of hydrogen-bond donors (Lipinski definition) is 2. The molecule has 156 valence electrons. The molecule has 6 nitrogen and oxygen atoms in total. The highest BCUT2D eigenvalue weighted by molar-refractivity contribution is 8.00. The van der Waals surface area contributed by atoms with Crippen LogP contribution in [0.4, 0.5) is 5.00 Å². The van der Waals surface area contributed by atoms with Crippen LogP contribution in [0.15, 0.2) is 41.4 Å². The molecule has 0 radical (unpaired) electrons. The molecule has 1 atom stereocenters. The number of amides is 2. The summed E-state index contributed by atoms with van der Waals surface area (Å²) >= 11 is 2.76. The lowest BCUT2D eigenvalue weighted by atomic mass is 10.1. The minimum absolute atomic E-state index is 0.177. The van der Waals surface area contributed by atoms with Gasteiger partial charge in [-0.25, -0.2) is 9.97 Å². The van der Waals surface area contributed by atoms with E-state index in [4.69, 9.17) is 5.73 Å². The molecule has 3 aromatic rings. The monoisotopic (exact) mass is 440 g/mol. The molecule has 2 heterocycles. The van der Waals surface area contributed by atoms with Crippen molar-refractivity contribution < 1.29 is 9.59 Å². The molecule has 0 aliphatic rings. The highest BCUT2D eigenvalue weighted by Gasteiger charge is 2.24. The second kappa shape index (κ2) is 9.40. The number of carbonyl (C=O) groups is 2. The molecule has 2 aromatic heterocycles. The summed E-state index contributed by atoms with van der Waals surface area (Å²) in [7, 11) is 0. The fraction of sp³-hybridized carbons (Fsp3) is 0.273. The number of anilines is 1. The third-order valence-electron chi connectivity index (χ3n) is 4.68. The van der Waals surface area contributed by atoms with Gasteiger partial charge in [0.1, 0.15) is 15.9 Å². The number of aryl methyl sites for hydroxylation is 2. The first-order valence-electron chi connectivity index (χ1n) is 9.58. The lowest BCUT2D eigenvalue weighted by Gasteiger charge is -2.15. The predicted molar refractivity (Wildman–Crippen MR) is 123 cm³/mol. The van der Waals surface area contributed by atoms with Crippen molar-refractivity contribution in [2.24, 2.45) is 5.73 Å². The number of rotatable bonds is 7. The van der Waals surface area contributed by atoms with E-state index < -0.39 is 5.91 Å². The van der Waals surface area contributed by atoms with Gasteiger partial charge in [-0.05, 0) is 38.8 Å². The van der Waals surface area contributed by atoms with Crippen molar-refractivity contribution in [2.75, 3.05) is 5.32 Å². The van der Waals surface area contributed by atoms with E-state index in [9.17, 15) is 9.59 Å². The Hall–Kier alpha value is -2.71. The van der Waals surface area contributed by atoms with Crippen molar-refractivity contribution in [3.8, 4) is 11.3 Å². The Kier molecular flexibility index (Phi) is 6.89. The summed E-state index contributed by atoms with van der Waals surface area (Å²) in [6, 6.07) is 11.8. The van der Waals surface area contributed by atoms with Gasteiger partial charge in [-0.2, -0.15) is 0 Å². The van der Waals surface area contributed by atoms with Gasteiger partial charge in [-0.1, -0.05) is 49.0 Å². The maximum absolute atomic E-state index is 13.0. The average Bonchev–Trinajstić information content (AvgIpc) is 2.99. The Labute approximate surface area is 184 Å². The van der Waals surface area contributed by atoms with Gasteiger partial charge in [-0.15, -0.1) is 11.3 Å². The van der Waals surface area contributed by atoms with Crippen LogP contribution in [0.3, 0.4) is 0 Å². The first kappa shape index (κ1) is 22.0. The first-order valence-corrected chi connectivity index (χ1v) is 11.3. The minimum atomic E-state index is -0.535. The van der Waals surface area contributed by atoms with Crippen LogP contribution in [0.1, 0.15) is 40.0 Å². The number of primary amides is 1. The van der Waals surface area contributed by atoms with E-state index in [1.54, 1.807) is 0 Å². The van der Waals surface area contributed by atoms with Crippen LogP contribution in [-0.4, -0.2) is 27.0 Å². The summed E-state index contributed by atoms with van der Waals surface area (Å²) in [4.78, 5) is 34.8. The topological polar surface area (TPSA) is 98.0 Å². The van der Waals surface area contributed by atoms with Crippen LogP contribution in [0.2, 0.25) is 0 Å². The van der Waals surface area contributed by atoms with Gasteiger partial charge >= 0.3 is 0 Å².